The Kier molecular flexibility index (Phi) is 3.03. The van der Waals surface area contributed by atoms with E-state index in [9.17, 15) is 5.11 Å². The number of ether oxygens (including phenoxy) is 1. The summed E-state index contributed by atoms with van der Waals surface area (Å²) in [5, 5.41) is 13.8. The third kappa shape index (κ3) is 2.12. The molecule has 0 amide bonds. The molecule has 0 fully saturated rings. The fourth-order valence-corrected chi connectivity index (χ4v) is 2.69. The van der Waals surface area contributed by atoms with Crippen molar-refractivity contribution < 1.29 is 9.84 Å². The molecule has 2 aromatic rings. The summed E-state index contributed by atoms with van der Waals surface area (Å²) in [6, 6.07) is 8.15. The maximum atomic E-state index is 9.33. The zero-order chi connectivity index (χ0) is 13.4. The molecule has 100 valence electrons. The lowest BCUT2D eigenvalue weighted by Crippen LogP contribution is -2.22. The van der Waals surface area contributed by atoms with Gasteiger partial charge in [0.25, 0.3) is 0 Å². The number of hydrogen-bond donors (Lipinski definition) is 1. The van der Waals surface area contributed by atoms with Crippen LogP contribution < -0.4 is 4.74 Å². The number of aromatic nitrogens is 2. The predicted molar refractivity (Wildman–Crippen MR) is 72.2 cm³/mol. The second kappa shape index (κ2) is 4.70. The minimum absolute atomic E-state index is 0.0451. The fourth-order valence-electron chi connectivity index (χ4n) is 2.69. The molecular weight excluding hydrogens is 240 g/mol. The number of fused-ring (bicyclic) bond motifs is 1. The van der Waals surface area contributed by atoms with Gasteiger partial charge in [-0.2, -0.15) is 5.10 Å². The minimum atomic E-state index is 0.0451. The van der Waals surface area contributed by atoms with Gasteiger partial charge in [0.05, 0.1) is 18.8 Å². The van der Waals surface area contributed by atoms with E-state index in [0.717, 1.165) is 35.7 Å². The molecule has 0 radical (unpaired) electrons. The van der Waals surface area contributed by atoms with E-state index < -0.39 is 0 Å². The van der Waals surface area contributed by atoms with Crippen LogP contribution in [0.5, 0.6) is 5.75 Å². The fraction of sp³-hybridized carbons (Fsp3) is 0.400. The molecule has 1 atom stereocenters. The number of nitrogens with zero attached hydrogens (tertiary/aromatic N) is 2. The summed E-state index contributed by atoms with van der Waals surface area (Å²) < 4.78 is 7.87. The topological polar surface area (TPSA) is 47.3 Å². The highest BCUT2D eigenvalue weighted by molar-refractivity contribution is 5.37. The smallest absolute Gasteiger partial charge is 0.123 e. The van der Waals surface area contributed by atoms with Crippen LogP contribution in [0.4, 0.5) is 0 Å². The lowest BCUT2D eigenvalue weighted by atomic mass is 10.1. The third-order valence-electron chi connectivity index (χ3n) is 3.78. The van der Waals surface area contributed by atoms with Gasteiger partial charge in [-0.05, 0) is 25.5 Å². The van der Waals surface area contributed by atoms with Crippen LogP contribution in [0.1, 0.15) is 22.5 Å². The highest BCUT2D eigenvalue weighted by Gasteiger charge is 2.24. The van der Waals surface area contributed by atoms with Crippen LogP contribution in [0.3, 0.4) is 0 Å². The van der Waals surface area contributed by atoms with Crippen LogP contribution in [0.15, 0.2) is 24.3 Å². The lowest BCUT2D eigenvalue weighted by Gasteiger charge is -2.12. The van der Waals surface area contributed by atoms with Crippen LogP contribution in [0.25, 0.3) is 0 Å². The van der Waals surface area contributed by atoms with Crippen molar-refractivity contribution in [1.82, 2.24) is 9.78 Å². The van der Waals surface area contributed by atoms with E-state index >= 15 is 0 Å². The first kappa shape index (κ1) is 12.2. The number of benzene rings is 1. The van der Waals surface area contributed by atoms with Crippen LogP contribution >= 0.6 is 0 Å². The molecule has 2 heterocycles. The third-order valence-corrected chi connectivity index (χ3v) is 3.78. The summed E-state index contributed by atoms with van der Waals surface area (Å²) in [6.07, 6.45) is 1.05. The van der Waals surface area contributed by atoms with Crippen LogP contribution in [-0.2, 0) is 19.6 Å². The summed E-state index contributed by atoms with van der Waals surface area (Å²) in [6.45, 7) is 4.69. The lowest BCUT2D eigenvalue weighted by molar-refractivity contribution is 0.201. The van der Waals surface area contributed by atoms with E-state index in [-0.39, 0.29) is 12.7 Å². The molecule has 4 heteroatoms. The summed E-state index contributed by atoms with van der Waals surface area (Å²) in [7, 11) is 0. The Morgan fingerprint density at radius 2 is 2.16 bits per heavy atom. The van der Waals surface area contributed by atoms with Gasteiger partial charge in [0.15, 0.2) is 0 Å². The zero-order valence-corrected chi connectivity index (χ0v) is 11.3. The molecule has 0 aliphatic carbocycles. The Morgan fingerprint density at radius 3 is 2.84 bits per heavy atom. The van der Waals surface area contributed by atoms with Crippen molar-refractivity contribution in [3.63, 3.8) is 0 Å². The molecule has 0 spiro atoms. The number of hydrogen-bond acceptors (Lipinski definition) is 3. The summed E-state index contributed by atoms with van der Waals surface area (Å²) in [4.78, 5) is 0. The van der Waals surface area contributed by atoms with Crippen molar-refractivity contribution in [3.05, 3.63) is 46.8 Å². The largest absolute Gasteiger partial charge is 0.488 e. The van der Waals surface area contributed by atoms with Crippen molar-refractivity contribution in [2.24, 2.45) is 0 Å². The van der Waals surface area contributed by atoms with E-state index in [1.165, 1.54) is 5.56 Å². The maximum Gasteiger partial charge on any atom is 0.123 e. The van der Waals surface area contributed by atoms with Gasteiger partial charge in [-0.3, -0.25) is 4.68 Å². The second-order valence-corrected chi connectivity index (χ2v) is 5.04. The Hall–Kier alpha value is -1.81. The van der Waals surface area contributed by atoms with Gasteiger partial charge in [-0.25, -0.2) is 0 Å². The number of rotatable bonds is 3. The molecule has 0 bridgehead atoms. The summed E-state index contributed by atoms with van der Waals surface area (Å²) in [5.74, 6) is 0.983. The number of aryl methyl sites for hydroxylation is 1. The molecule has 4 nitrogen and oxygen atoms in total. The number of para-hydroxylation sites is 1. The first-order valence-electron chi connectivity index (χ1n) is 6.57. The van der Waals surface area contributed by atoms with E-state index in [0.29, 0.717) is 0 Å². The second-order valence-electron chi connectivity index (χ2n) is 5.04. The SMILES string of the molecule is Cc1nn(CC2Cc3ccccc3O2)c(C)c1CO. The van der Waals surface area contributed by atoms with Gasteiger partial charge in [0.1, 0.15) is 11.9 Å². The first-order chi connectivity index (χ1) is 9.19. The molecule has 1 aliphatic heterocycles. The van der Waals surface area contributed by atoms with Gasteiger partial charge in [-0.15, -0.1) is 0 Å². The van der Waals surface area contributed by atoms with Gasteiger partial charge < -0.3 is 9.84 Å². The van der Waals surface area contributed by atoms with E-state index in [4.69, 9.17) is 4.74 Å². The molecular formula is C15H18N2O2. The molecule has 0 saturated heterocycles. The Morgan fingerprint density at radius 1 is 1.37 bits per heavy atom. The molecule has 19 heavy (non-hydrogen) atoms. The Balaban J connectivity index is 1.78. The summed E-state index contributed by atoms with van der Waals surface area (Å²) in [5.41, 5.74) is 4.11. The molecule has 1 aliphatic rings. The van der Waals surface area contributed by atoms with Crippen LogP contribution in [0.2, 0.25) is 0 Å². The van der Waals surface area contributed by atoms with Gasteiger partial charge in [0, 0.05) is 17.7 Å². The quantitative estimate of drug-likeness (QED) is 0.916. The van der Waals surface area contributed by atoms with Gasteiger partial charge in [-0.1, -0.05) is 18.2 Å². The number of aliphatic hydroxyl groups excluding tert-OH is 1. The van der Waals surface area contributed by atoms with Crippen LogP contribution in [-0.4, -0.2) is 21.0 Å². The average molecular weight is 258 g/mol. The summed E-state index contributed by atoms with van der Waals surface area (Å²) >= 11 is 0. The molecule has 1 N–H and O–H groups in total. The van der Waals surface area contributed by atoms with Crippen molar-refractivity contribution in [2.45, 2.75) is 39.5 Å². The van der Waals surface area contributed by atoms with Crippen molar-refractivity contribution in [3.8, 4) is 5.75 Å². The van der Waals surface area contributed by atoms with Gasteiger partial charge >= 0.3 is 0 Å². The predicted octanol–water partition coefficient (Wildman–Crippen LogP) is 2.00. The number of aliphatic hydroxyl groups is 1. The molecule has 1 unspecified atom stereocenters. The zero-order valence-electron chi connectivity index (χ0n) is 11.3. The Bertz CT molecular complexity index is 579. The highest BCUT2D eigenvalue weighted by atomic mass is 16.5. The van der Waals surface area contributed by atoms with E-state index in [1.807, 2.05) is 36.7 Å². The average Bonchev–Trinajstić information content (AvgIpc) is 2.91. The normalized spacial score (nSPS) is 17.3. The van der Waals surface area contributed by atoms with Gasteiger partial charge in [0.2, 0.25) is 0 Å². The molecule has 1 aromatic heterocycles. The van der Waals surface area contributed by atoms with E-state index in [1.54, 1.807) is 0 Å². The van der Waals surface area contributed by atoms with E-state index in [2.05, 4.69) is 11.2 Å². The molecule has 1 aromatic carbocycles. The van der Waals surface area contributed by atoms with Crippen LogP contribution in [0, 0.1) is 13.8 Å². The van der Waals surface area contributed by atoms with Crippen molar-refractivity contribution in [2.75, 3.05) is 0 Å². The first-order valence-corrected chi connectivity index (χ1v) is 6.57. The standard InChI is InChI=1S/C15H18N2O2/c1-10-14(9-18)11(2)17(16-10)8-13-7-12-5-3-4-6-15(12)19-13/h3-6,13,18H,7-9H2,1-2H3. The highest BCUT2D eigenvalue weighted by Crippen LogP contribution is 2.29. The minimum Gasteiger partial charge on any atom is -0.488 e. The Labute approximate surface area is 112 Å². The maximum absolute atomic E-state index is 9.33. The molecule has 0 saturated carbocycles. The van der Waals surface area contributed by atoms with Crippen molar-refractivity contribution >= 4 is 0 Å². The monoisotopic (exact) mass is 258 g/mol. The van der Waals surface area contributed by atoms with Crippen molar-refractivity contribution in [1.29, 1.82) is 0 Å². The molecule has 3 rings (SSSR count).